The van der Waals surface area contributed by atoms with Crippen molar-refractivity contribution in [3.63, 3.8) is 0 Å². The summed E-state index contributed by atoms with van der Waals surface area (Å²) in [4.78, 5) is 22.2. The third-order valence-electron chi connectivity index (χ3n) is 2.85. The zero-order valence-electron chi connectivity index (χ0n) is 9.12. The fourth-order valence-electron chi connectivity index (χ4n) is 2.07. The topological polar surface area (TPSA) is 71.3 Å². The van der Waals surface area contributed by atoms with E-state index in [4.69, 9.17) is 5.11 Å². The molecule has 16 heavy (non-hydrogen) atoms. The number of carboxylic acid groups (broad SMARTS) is 1. The molecule has 1 aromatic rings. The van der Waals surface area contributed by atoms with E-state index in [9.17, 15) is 9.59 Å². The standard InChI is InChI=1S/C11H14N2O3/c1-7-6-9(14)13-5-4-12-11(13)8(7)2-3-10(15)16/h6,12H,2-5H2,1H3,(H,15,16). The molecule has 2 heterocycles. The monoisotopic (exact) mass is 222 g/mol. The fraction of sp³-hybridized carbons (Fsp3) is 0.455. The summed E-state index contributed by atoms with van der Waals surface area (Å²) in [5.74, 6) is -0.0198. The van der Waals surface area contributed by atoms with Crippen LogP contribution in [-0.2, 0) is 17.8 Å². The van der Waals surface area contributed by atoms with Crippen molar-refractivity contribution < 1.29 is 9.90 Å². The van der Waals surface area contributed by atoms with Gasteiger partial charge in [0, 0.05) is 25.6 Å². The van der Waals surface area contributed by atoms with Gasteiger partial charge >= 0.3 is 5.97 Å². The van der Waals surface area contributed by atoms with Crippen molar-refractivity contribution in [2.24, 2.45) is 0 Å². The lowest BCUT2D eigenvalue weighted by Gasteiger charge is -2.11. The van der Waals surface area contributed by atoms with Crippen LogP contribution in [0.5, 0.6) is 0 Å². The molecular weight excluding hydrogens is 208 g/mol. The number of carboxylic acids is 1. The van der Waals surface area contributed by atoms with Gasteiger partial charge < -0.3 is 10.4 Å². The van der Waals surface area contributed by atoms with Crippen LogP contribution >= 0.6 is 0 Å². The van der Waals surface area contributed by atoms with Gasteiger partial charge in [0.2, 0.25) is 0 Å². The number of hydrogen-bond acceptors (Lipinski definition) is 3. The van der Waals surface area contributed by atoms with E-state index < -0.39 is 5.97 Å². The van der Waals surface area contributed by atoms with Gasteiger partial charge in [-0.3, -0.25) is 14.2 Å². The third kappa shape index (κ3) is 1.80. The lowest BCUT2D eigenvalue weighted by atomic mass is 10.1. The number of rotatable bonds is 3. The fourth-order valence-corrected chi connectivity index (χ4v) is 2.07. The maximum absolute atomic E-state index is 11.6. The third-order valence-corrected chi connectivity index (χ3v) is 2.85. The summed E-state index contributed by atoms with van der Waals surface area (Å²) in [5, 5.41) is 11.8. The maximum atomic E-state index is 11.6. The van der Waals surface area contributed by atoms with E-state index in [-0.39, 0.29) is 12.0 Å². The Morgan fingerprint density at radius 3 is 3.06 bits per heavy atom. The molecule has 0 atom stereocenters. The van der Waals surface area contributed by atoms with Crippen LogP contribution in [0.3, 0.4) is 0 Å². The van der Waals surface area contributed by atoms with Crippen LogP contribution in [0.1, 0.15) is 17.5 Å². The molecule has 1 aliphatic heterocycles. The predicted molar refractivity (Wildman–Crippen MR) is 59.9 cm³/mol. The Labute approximate surface area is 92.7 Å². The van der Waals surface area contributed by atoms with Crippen LogP contribution in [0.4, 0.5) is 5.82 Å². The molecule has 0 spiro atoms. The highest BCUT2D eigenvalue weighted by Crippen LogP contribution is 2.22. The van der Waals surface area contributed by atoms with E-state index in [0.717, 1.165) is 23.5 Å². The SMILES string of the molecule is Cc1cc(=O)n2c(c1CCC(=O)O)NCC2. The highest BCUT2D eigenvalue weighted by molar-refractivity contribution is 5.68. The molecule has 5 nitrogen and oxygen atoms in total. The molecule has 0 aromatic carbocycles. The molecule has 5 heteroatoms. The summed E-state index contributed by atoms with van der Waals surface area (Å²) in [6.07, 6.45) is 0.553. The minimum atomic E-state index is -0.817. The van der Waals surface area contributed by atoms with Gasteiger partial charge in [-0.05, 0) is 24.5 Å². The first-order valence-corrected chi connectivity index (χ1v) is 5.28. The average molecular weight is 222 g/mol. The van der Waals surface area contributed by atoms with Gasteiger partial charge in [-0.2, -0.15) is 0 Å². The second kappa shape index (κ2) is 4.00. The smallest absolute Gasteiger partial charge is 0.303 e. The van der Waals surface area contributed by atoms with Crippen molar-refractivity contribution in [3.05, 3.63) is 27.5 Å². The van der Waals surface area contributed by atoms with E-state index in [1.165, 1.54) is 0 Å². The Morgan fingerprint density at radius 2 is 2.38 bits per heavy atom. The lowest BCUT2D eigenvalue weighted by Crippen LogP contribution is -2.19. The molecule has 2 rings (SSSR count). The number of hydrogen-bond donors (Lipinski definition) is 2. The molecule has 1 aromatic heterocycles. The Hall–Kier alpha value is -1.78. The predicted octanol–water partition coefficient (Wildman–Crippen LogP) is 0.599. The van der Waals surface area contributed by atoms with Crippen molar-refractivity contribution >= 4 is 11.8 Å². The minimum Gasteiger partial charge on any atom is -0.481 e. The van der Waals surface area contributed by atoms with Gasteiger partial charge in [-0.25, -0.2) is 0 Å². The summed E-state index contributed by atoms with van der Waals surface area (Å²) in [7, 11) is 0. The highest BCUT2D eigenvalue weighted by Gasteiger charge is 2.17. The van der Waals surface area contributed by atoms with Crippen LogP contribution < -0.4 is 10.9 Å². The van der Waals surface area contributed by atoms with Crippen molar-refractivity contribution in [3.8, 4) is 0 Å². The summed E-state index contributed by atoms with van der Waals surface area (Å²) < 4.78 is 1.67. The van der Waals surface area contributed by atoms with Gasteiger partial charge in [-0.1, -0.05) is 0 Å². The second-order valence-electron chi connectivity index (χ2n) is 3.96. The molecule has 0 aliphatic carbocycles. The first-order valence-electron chi connectivity index (χ1n) is 5.28. The Bertz CT molecular complexity index is 491. The quantitative estimate of drug-likeness (QED) is 0.785. The number of aryl methyl sites for hydroxylation is 1. The number of fused-ring (bicyclic) bond motifs is 1. The van der Waals surface area contributed by atoms with Crippen molar-refractivity contribution in [1.82, 2.24) is 4.57 Å². The zero-order chi connectivity index (χ0) is 11.7. The normalized spacial score (nSPS) is 13.3. The van der Waals surface area contributed by atoms with E-state index in [1.54, 1.807) is 10.6 Å². The first-order chi connectivity index (χ1) is 7.59. The van der Waals surface area contributed by atoms with Gasteiger partial charge in [-0.15, -0.1) is 0 Å². The molecule has 0 amide bonds. The molecule has 0 bridgehead atoms. The molecule has 1 aliphatic rings. The zero-order valence-corrected chi connectivity index (χ0v) is 9.12. The molecule has 86 valence electrons. The van der Waals surface area contributed by atoms with Crippen molar-refractivity contribution in [2.45, 2.75) is 26.3 Å². The van der Waals surface area contributed by atoms with Crippen LogP contribution in [0, 0.1) is 6.92 Å². The highest BCUT2D eigenvalue weighted by atomic mass is 16.4. The van der Waals surface area contributed by atoms with Gasteiger partial charge in [0.25, 0.3) is 5.56 Å². The van der Waals surface area contributed by atoms with E-state index in [2.05, 4.69) is 5.32 Å². The largest absolute Gasteiger partial charge is 0.481 e. The van der Waals surface area contributed by atoms with Crippen molar-refractivity contribution in [2.75, 3.05) is 11.9 Å². The van der Waals surface area contributed by atoms with Gasteiger partial charge in [0.15, 0.2) is 0 Å². The Morgan fingerprint density at radius 1 is 1.62 bits per heavy atom. The van der Waals surface area contributed by atoms with Crippen LogP contribution in [0.15, 0.2) is 10.9 Å². The summed E-state index contributed by atoms with van der Waals surface area (Å²) in [6, 6.07) is 1.58. The molecule has 0 saturated heterocycles. The molecular formula is C11H14N2O3. The number of carbonyl (C=O) groups is 1. The van der Waals surface area contributed by atoms with Gasteiger partial charge in [0.05, 0.1) is 0 Å². The van der Waals surface area contributed by atoms with Crippen LogP contribution in [-0.4, -0.2) is 22.2 Å². The minimum absolute atomic E-state index is 0.0171. The second-order valence-corrected chi connectivity index (χ2v) is 3.96. The molecule has 0 radical (unpaired) electrons. The first kappa shape index (κ1) is 10.7. The summed E-state index contributed by atoms with van der Waals surface area (Å²) >= 11 is 0. The van der Waals surface area contributed by atoms with E-state index >= 15 is 0 Å². The van der Waals surface area contributed by atoms with Crippen LogP contribution in [0.2, 0.25) is 0 Å². The summed E-state index contributed by atoms with van der Waals surface area (Å²) in [6.45, 7) is 3.24. The van der Waals surface area contributed by atoms with Crippen molar-refractivity contribution in [1.29, 1.82) is 0 Å². The lowest BCUT2D eigenvalue weighted by molar-refractivity contribution is -0.136. The maximum Gasteiger partial charge on any atom is 0.303 e. The van der Waals surface area contributed by atoms with E-state index in [0.29, 0.717) is 13.0 Å². The number of aliphatic carboxylic acids is 1. The number of aromatic nitrogens is 1. The molecule has 0 unspecified atom stereocenters. The van der Waals surface area contributed by atoms with Gasteiger partial charge in [0.1, 0.15) is 5.82 Å². The molecule has 0 fully saturated rings. The Balaban J connectivity index is 2.41. The summed E-state index contributed by atoms with van der Waals surface area (Å²) in [5.41, 5.74) is 1.79. The number of pyridine rings is 1. The number of nitrogens with one attached hydrogen (secondary N) is 1. The van der Waals surface area contributed by atoms with E-state index in [1.807, 2.05) is 6.92 Å². The number of anilines is 1. The van der Waals surface area contributed by atoms with Crippen LogP contribution in [0.25, 0.3) is 0 Å². The molecule has 2 N–H and O–H groups in total. The molecule has 0 saturated carbocycles. The average Bonchev–Trinajstić information content (AvgIpc) is 2.65. The number of nitrogens with zero attached hydrogens (tertiary/aromatic N) is 1. The Kier molecular flexibility index (Phi) is 2.68.